The van der Waals surface area contributed by atoms with Gasteiger partial charge in [-0.1, -0.05) is 30.3 Å². The minimum atomic E-state index is -0.507. The van der Waals surface area contributed by atoms with Crippen LogP contribution < -0.4 is 11.1 Å². The van der Waals surface area contributed by atoms with Gasteiger partial charge in [0.1, 0.15) is 5.76 Å². The number of carbonyl (C=O) groups excluding carboxylic acids is 1. The largest absolute Gasteiger partial charge is 0.467 e. The molecule has 0 saturated carbocycles. The zero-order valence-corrected chi connectivity index (χ0v) is 11.6. The smallest absolute Gasteiger partial charge is 0.237 e. The highest BCUT2D eigenvalue weighted by molar-refractivity contribution is 5.81. The Morgan fingerprint density at radius 2 is 2.00 bits per heavy atom. The van der Waals surface area contributed by atoms with E-state index < -0.39 is 6.04 Å². The molecule has 0 aliphatic heterocycles. The topological polar surface area (TPSA) is 68.3 Å². The number of amides is 1. The number of nitrogens with two attached hydrogens (primary N) is 1. The Bertz CT molecular complexity index is 523. The second-order valence-electron chi connectivity index (χ2n) is 4.88. The van der Waals surface area contributed by atoms with Gasteiger partial charge < -0.3 is 15.5 Å². The molecule has 1 aromatic carbocycles. The number of aryl methyl sites for hydroxylation is 1. The summed E-state index contributed by atoms with van der Waals surface area (Å²) in [7, 11) is 0. The summed E-state index contributed by atoms with van der Waals surface area (Å²) in [5, 5.41) is 2.86. The number of hydrogen-bond donors (Lipinski definition) is 2. The average Bonchev–Trinajstić information content (AvgIpc) is 3.00. The van der Waals surface area contributed by atoms with Gasteiger partial charge in [0.15, 0.2) is 0 Å². The fourth-order valence-electron chi connectivity index (χ4n) is 2.03. The van der Waals surface area contributed by atoms with Crippen LogP contribution in [0, 0.1) is 0 Å². The molecule has 2 rings (SSSR count). The van der Waals surface area contributed by atoms with Crippen LogP contribution in [0.5, 0.6) is 0 Å². The van der Waals surface area contributed by atoms with E-state index in [1.807, 2.05) is 43.3 Å². The quantitative estimate of drug-likeness (QED) is 0.848. The lowest BCUT2D eigenvalue weighted by molar-refractivity contribution is -0.123. The van der Waals surface area contributed by atoms with Crippen molar-refractivity contribution in [3.05, 3.63) is 60.1 Å². The molecule has 1 aromatic heterocycles. The van der Waals surface area contributed by atoms with Gasteiger partial charge in [-0.25, -0.2) is 0 Å². The van der Waals surface area contributed by atoms with Crippen LogP contribution in [-0.4, -0.2) is 11.9 Å². The fourth-order valence-corrected chi connectivity index (χ4v) is 2.03. The highest BCUT2D eigenvalue weighted by Gasteiger charge is 2.17. The van der Waals surface area contributed by atoms with E-state index in [2.05, 4.69) is 5.32 Å². The summed E-state index contributed by atoms with van der Waals surface area (Å²) in [6.07, 6.45) is 3.01. The second-order valence-corrected chi connectivity index (χ2v) is 4.88. The maximum atomic E-state index is 12.0. The zero-order valence-electron chi connectivity index (χ0n) is 11.6. The van der Waals surface area contributed by atoms with Crippen molar-refractivity contribution in [1.82, 2.24) is 5.32 Å². The number of nitrogens with one attached hydrogen (secondary N) is 1. The first kappa shape index (κ1) is 14.3. The lowest BCUT2D eigenvalue weighted by atomic mass is 10.1. The van der Waals surface area contributed by atoms with Crippen molar-refractivity contribution in [3.8, 4) is 0 Å². The van der Waals surface area contributed by atoms with Crippen LogP contribution in [0.3, 0.4) is 0 Å². The van der Waals surface area contributed by atoms with Crippen molar-refractivity contribution >= 4 is 5.91 Å². The van der Waals surface area contributed by atoms with Crippen molar-refractivity contribution in [1.29, 1.82) is 0 Å². The van der Waals surface area contributed by atoms with Crippen LogP contribution in [0.4, 0.5) is 0 Å². The molecule has 4 heteroatoms. The van der Waals surface area contributed by atoms with E-state index >= 15 is 0 Å². The van der Waals surface area contributed by atoms with Crippen molar-refractivity contribution in [2.75, 3.05) is 0 Å². The fraction of sp³-hybridized carbons (Fsp3) is 0.312. The van der Waals surface area contributed by atoms with E-state index in [1.165, 1.54) is 5.56 Å². The summed E-state index contributed by atoms with van der Waals surface area (Å²) in [5.41, 5.74) is 7.11. The molecule has 0 saturated heterocycles. The molecular formula is C16H20N2O2. The van der Waals surface area contributed by atoms with Crippen LogP contribution in [0.15, 0.2) is 53.1 Å². The molecule has 0 aliphatic rings. The molecule has 0 spiro atoms. The van der Waals surface area contributed by atoms with E-state index in [0.717, 1.165) is 12.2 Å². The van der Waals surface area contributed by atoms with Gasteiger partial charge in [0, 0.05) is 0 Å². The molecule has 3 N–H and O–H groups in total. The number of rotatable bonds is 6. The molecule has 106 valence electrons. The van der Waals surface area contributed by atoms with Gasteiger partial charge in [0.2, 0.25) is 5.91 Å². The predicted octanol–water partition coefficient (Wildman–Crippen LogP) is 2.42. The van der Waals surface area contributed by atoms with E-state index in [4.69, 9.17) is 10.2 Å². The summed E-state index contributed by atoms with van der Waals surface area (Å²) in [6, 6.07) is 13.0. The van der Waals surface area contributed by atoms with Gasteiger partial charge in [0.25, 0.3) is 0 Å². The molecule has 0 radical (unpaired) electrons. The third-order valence-electron chi connectivity index (χ3n) is 3.25. The molecule has 20 heavy (non-hydrogen) atoms. The molecule has 2 atom stereocenters. The molecule has 0 bridgehead atoms. The molecule has 4 nitrogen and oxygen atoms in total. The van der Waals surface area contributed by atoms with Crippen molar-refractivity contribution < 1.29 is 9.21 Å². The third-order valence-corrected chi connectivity index (χ3v) is 3.25. The van der Waals surface area contributed by atoms with E-state index in [1.54, 1.807) is 12.3 Å². The number of benzene rings is 1. The van der Waals surface area contributed by atoms with Crippen molar-refractivity contribution in [2.45, 2.75) is 31.8 Å². The summed E-state index contributed by atoms with van der Waals surface area (Å²) in [4.78, 5) is 12.0. The van der Waals surface area contributed by atoms with Gasteiger partial charge in [-0.15, -0.1) is 0 Å². The van der Waals surface area contributed by atoms with Gasteiger partial charge in [0.05, 0.1) is 18.3 Å². The summed E-state index contributed by atoms with van der Waals surface area (Å²) in [6.45, 7) is 1.88. The van der Waals surface area contributed by atoms with Crippen LogP contribution in [0.25, 0.3) is 0 Å². The normalized spacial score (nSPS) is 13.7. The predicted molar refractivity (Wildman–Crippen MR) is 78.0 cm³/mol. The minimum absolute atomic E-state index is 0.148. The van der Waals surface area contributed by atoms with Crippen LogP contribution in [0.2, 0.25) is 0 Å². The van der Waals surface area contributed by atoms with Gasteiger partial charge >= 0.3 is 0 Å². The summed E-state index contributed by atoms with van der Waals surface area (Å²) < 4.78 is 5.25. The first-order valence-electron chi connectivity index (χ1n) is 6.80. The highest BCUT2D eigenvalue weighted by Crippen LogP contribution is 2.12. The first-order chi connectivity index (χ1) is 9.66. The minimum Gasteiger partial charge on any atom is -0.467 e. The molecule has 2 unspecified atom stereocenters. The van der Waals surface area contributed by atoms with Crippen LogP contribution in [0.1, 0.15) is 30.7 Å². The van der Waals surface area contributed by atoms with Crippen molar-refractivity contribution in [2.24, 2.45) is 5.73 Å². The second kappa shape index (κ2) is 6.91. The Kier molecular flexibility index (Phi) is 4.96. The van der Waals surface area contributed by atoms with Gasteiger partial charge in [-0.3, -0.25) is 4.79 Å². The Labute approximate surface area is 119 Å². The standard InChI is InChI=1S/C16H20N2O2/c1-12(15-8-5-11-20-15)18-16(19)14(17)10-9-13-6-3-2-4-7-13/h2-8,11-12,14H,9-10,17H2,1H3,(H,18,19). The molecule has 0 fully saturated rings. The van der Waals surface area contributed by atoms with Crippen molar-refractivity contribution in [3.63, 3.8) is 0 Å². The zero-order chi connectivity index (χ0) is 14.4. The lowest BCUT2D eigenvalue weighted by Gasteiger charge is -2.16. The highest BCUT2D eigenvalue weighted by atomic mass is 16.3. The monoisotopic (exact) mass is 272 g/mol. The van der Waals surface area contributed by atoms with E-state index in [-0.39, 0.29) is 11.9 Å². The summed E-state index contributed by atoms with van der Waals surface area (Å²) >= 11 is 0. The first-order valence-corrected chi connectivity index (χ1v) is 6.80. The average molecular weight is 272 g/mol. The maximum absolute atomic E-state index is 12.0. The molecule has 1 heterocycles. The summed E-state index contributed by atoms with van der Waals surface area (Å²) in [5.74, 6) is 0.582. The lowest BCUT2D eigenvalue weighted by Crippen LogP contribution is -2.41. The van der Waals surface area contributed by atoms with Gasteiger partial charge in [-0.05, 0) is 37.5 Å². The third kappa shape index (κ3) is 3.96. The van der Waals surface area contributed by atoms with Crippen LogP contribution >= 0.6 is 0 Å². The number of carbonyl (C=O) groups is 1. The van der Waals surface area contributed by atoms with Gasteiger partial charge in [-0.2, -0.15) is 0 Å². The SMILES string of the molecule is CC(NC(=O)C(N)CCc1ccccc1)c1ccco1. The molecule has 2 aromatic rings. The Balaban J connectivity index is 1.80. The van der Waals surface area contributed by atoms with E-state index in [9.17, 15) is 4.79 Å². The molecule has 0 aliphatic carbocycles. The maximum Gasteiger partial charge on any atom is 0.237 e. The van der Waals surface area contributed by atoms with E-state index in [0.29, 0.717) is 6.42 Å². The molecule has 1 amide bonds. The Hall–Kier alpha value is -2.07. The molecular weight excluding hydrogens is 252 g/mol. The Morgan fingerprint density at radius 1 is 1.25 bits per heavy atom. The Morgan fingerprint density at radius 3 is 2.65 bits per heavy atom. The number of furan rings is 1. The number of hydrogen-bond acceptors (Lipinski definition) is 3. The van der Waals surface area contributed by atoms with Crippen LogP contribution in [-0.2, 0) is 11.2 Å².